The van der Waals surface area contributed by atoms with Crippen molar-refractivity contribution in [3.05, 3.63) is 70.3 Å². The average molecular weight is 400 g/mol. The number of halogens is 3. The van der Waals surface area contributed by atoms with Gasteiger partial charge in [0.05, 0.1) is 18.8 Å². The lowest BCUT2D eigenvalue weighted by Crippen LogP contribution is -2.14. The van der Waals surface area contributed by atoms with Crippen LogP contribution in [-0.2, 0) is 38.3 Å². The van der Waals surface area contributed by atoms with E-state index in [0.717, 1.165) is 6.07 Å². The molecule has 0 bridgehead atoms. The van der Waals surface area contributed by atoms with Crippen molar-refractivity contribution in [2.75, 3.05) is 27.8 Å². The quantitative estimate of drug-likeness (QED) is 0.482. The largest absolute Gasteiger partial charge is 0.416 e. The molecule has 0 aliphatic heterocycles. The Kier molecular flexibility index (Phi) is 8.40. The lowest BCUT2D eigenvalue weighted by Gasteiger charge is -2.21. The highest BCUT2D eigenvalue weighted by Gasteiger charge is 2.35. The highest BCUT2D eigenvalue weighted by Crippen LogP contribution is 2.37. The molecule has 0 heterocycles. The fourth-order valence-corrected chi connectivity index (χ4v) is 2.76. The third-order valence-corrected chi connectivity index (χ3v) is 3.99. The molecule has 154 valence electrons. The average Bonchev–Trinajstić information content (AvgIpc) is 2.68. The van der Waals surface area contributed by atoms with Crippen molar-refractivity contribution in [3.63, 3.8) is 0 Å². The second-order valence-corrected chi connectivity index (χ2v) is 6.03. The summed E-state index contributed by atoms with van der Waals surface area (Å²) in [6.45, 7) is 0.363. The van der Waals surface area contributed by atoms with Gasteiger partial charge in [-0.05, 0) is 28.3 Å². The first-order valence-electron chi connectivity index (χ1n) is 8.47. The molecule has 0 spiro atoms. The maximum Gasteiger partial charge on any atom is 0.416 e. The topological polar surface area (TPSA) is 57.2 Å². The maximum absolute atomic E-state index is 13.4. The second-order valence-electron chi connectivity index (χ2n) is 6.03. The molecule has 8 heteroatoms. The van der Waals surface area contributed by atoms with Gasteiger partial charge in [0.1, 0.15) is 19.7 Å². The molecular weight excluding hydrogens is 377 g/mol. The number of hydrogen-bond donors (Lipinski definition) is 1. The Labute approximate surface area is 161 Å². The molecule has 2 aromatic rings. The molecule has 2 aromatic carbocycles. The number of ether oxygens (including phenoxy) is 4. The van der Waals surface area contributed by atoms with Crippen LogP contribution in [0.1, 0.15) is 33.9 Å². The molecule has 0 aliphatic carbocycles. The summed E-state index contributed by atoms with van der Waals surface area (Å²) >= 11 is 0. The zero-order valence-electron chi connectivity index (χ0n) is 15.7. The van der Waals surface area contributed by atoms with Crippen molar-refractivity contribution in [3.8, 4) is 0 Å². The number of alkyl halides is 3. The first kappa shape index (κ1) is 22.3. The smallest absolute Gasteiger partial charge is 0.384 e. The van der Waals surface area contributed by atoms with Gasteiger partial charge in [0.15, 0.2) is 0 Å². The van der Waals surface area contributed by atoms with Crippen LogP contribution in [0.5, 0.6) is 0 Å². The Morgan fingerprint density at radius 3 is 2.18 bits per heavy atom. The lowest BCUT2D eigenvalue weighted by molar-refractivity contribution is -0.139. The van der Waals surface area contributed by atoms with Crippen LogP contribution in [0.25, 0.3) is 0 Å². The van der Waals surface area contributed by atoms with E-state index in [-0.39, 0.29) is 32.4 Å². The highest BCUT2D eigenvalue weighted by molar-refractivity contribution is 5.42. The minimum atomic E-state index is -4.58. The summed E-state index contributed by atoms with van der Waals surface area (Å²) in [5.41, 5.74) is 0.444. The molecular formula is C20H23F3O5. The molecule has 0 radical (unpaired) electrons. The van der Waals surface area contributed by atoms with Gasteiger partial charge in [-0.1, -0.05) is 36.4 Å². The Hall–Kier alpha value is -1.97. The van der Waals surface area contributed by atoms with Gasteiger partial charge in [0, 0.05) is 14.2 Å². The number of methoxy groups -OCH3 is 2. The number of rotatable bonds is 10. The number of benzene rings is 2. The lowest BCUT2D eigenvalue weighted by atomic mass is 9.92. The first-order chi connectivity index (χ1) is 13.4. The molecule has 1 atom stereocenters. The van der Waals surface area contributed by atoms with Crippen molar-refractivity contribution in [2.45, 2.75) is 25.5 Å². The molecule has 0 unspecified atom stereocenters. The predicted molar refractivity (Wildman–Crippen MR) is 95.3 cm³/mol. The van der Waals surface area contributed by atoms with Gasteiger partial charge < -0.3 is 24.1 Å². The van der Waals surface area contributed by atoms with Crippen LogP contribution in [0.3, 0.4) is 0 Å². The van der Waals surface area contributed by atoms with E-state index in [1.54, 1.807) is 18.2 Å². The predicted octanol–water partition coefficient (Wildman–Crippen LogP) is 4.03. The number of aliphatic hydroxyl groups is 1. The van der Waals surface area contributed by atoms with Crippen molar-refractivity contribution in [1.82, 2.24) is 0 Å². The molecule has 5 nitrogen and oxygen atoms in total. The summed E-state index contributed by atoms with van der Waals surface area (Å²) in [6.07, 6.45) is -6.06. The fraction of sp³-hybridized carbons (Fsp3) is 0.400. The van der Waals surface area contributed by atoms with Crippen LogP contribution in [0.15, 0.2) is 42.5 Å². The van der Waals surface area contributed by atoms with E-state index in [0.29, 0.717) is 16.7 Å². The van der Waals surface area contributed by atoms with Crippen LogP contribution in [0.4, 0.5) is 13.2 Å². The summed E-state index contributed by atoms with van der Waals surface area (Å²) in [4.78, 5) is 0. The number of hydrogen-bond acceptors (Lipinski definition) is 5. The van der Waals surface area contributed by atoms with Gasteiger partial charge in [0.2, 0.25) is 0 Å². The third kappa shape index (κ3) is 6.02. The number of aliphatic hydroxyl groups excluding tert-OH is 1. The zero-order chi connectivity index (χ0) is 20.6. The SMILES string of the molecule is COCOCc1ccc(COCOC)c([C@H](O)c2ccccc2C(F)(F)F)c1. The Morgan fingerprint density at radius 1 is 0.893 bits per heavy atom. The molecule has 2 rings (SSSR count). The van der Waals surface area contributed by atoms with Crippen LogP contribution in [0, 0.1) is 0 Å². The van der Waals surface area contributed by atoms with E-state index in [4.69, 9.17) is 18.9 Å². The molecule has 0 aromatic heterocycles. The summed E-state index contributed by atoms with van der Waals surface area (Å²) < 4.78 is 60.4. The second kappa shape index (κ2) is 10.5. The summed E-state index contributed by atoms with van der Waals surface area (Å²) in [5, 5.41) is 10.8. The Balaban J connectivity index is 2.40. The van der Waals surface area contributed by atoms with Crippen molar-refractivity contribution < 1.29 is 37.2 Å². The molecule has 0 fully saturated rings. The van der Waals surface area contributed by atoms with Gasteiger partial charge in [-0.15, -0.1) is 0 Å². The van der Waals surface area contributed by atoms with Gasteiger partial charge >= 0.3 is 6.18 Å². The fourth-order valence-electron chi connectivity index (χ4n) is 2.76. The van der Waals surface area contributed by atoms with Crippen molar-refractivity contribution in [1.29, 1.82) is 0 Å². The Bertz CT molecular complexity index is 749. The van der Waals surface area contributed by atoms with Gasteiger partial charge in [0.25, 0.3) is 0 Å². The molecule has 0 amide bonds. The van der Waals surface area contributed by atoms with E-state index < -0.39 is 17.8 Å². The molecule has 0 aliphatic rings. The van der Waals surface area contributed by atoms with E-state index in [9.17, 15) is 18.3 Å². The molecule has 0 saturated heterocycles. The van der Waals surface area contributed by atoms with Gasteiger partial charge in [-0.2, -0.15) is 13.2 Å². The van der Waals surface area contributed by atoms with Crippen LogP contribution in [0.2, 0.25) is 0 Å². The summed E-state index contributed by atoms with van der Waals surface area (Å²) in [6, 6.07) is 10.0. The van der Waals surface area contributed by atoms with E-state index in [1.807, 2.05) is 0 Å². The van der Waals surface area contributed by atoms with Gasteiger partial charge in [-0.25, -0.2) is 0 Å². The van der Waals surface area contributed by atoms with E-state index in [2.05, 4.69) is 0 Å². The highest BCUT2D eigenvalue weighted by atomic mass is 19.4. The normalized spacial score (nSPS) is 12.9. The molecule has 28 heavy (non-hydrogen) atoms. The zero-order valence-corrected chi connectivity index (χ0v) is 15.7. The monoisotopic (exact) mass is 400 g/mol. The van der Waals surface area contributed by atoms with Crippen molar-refractivity contribution in [2.24, 2.45) is 0 Å². The summed E-state index contributed by atoms with van der Waals surface area (Å²) in [7, 11) is 2.95. The standard InChI is InChI=1S/C20H23F3O5/c1-25-12-27-10-14-7-8-15(11-28-13-26-2)17(9-14)19(24)16-5-3-4-6-18(16)20(21,22)23/h3-9,19,24H,10-13H2,1-2H3/t19-/m1/s1. The van der Waals surface area contributed by atoms with Crippen LogP contribution < -0.4 is 0 Å². The molecule has 1 N–H and O–H groups in total. The third-order valence-electron chi connectivity index (χ3n) is 3.99. The minimum absolute atomic E-state index is 0.0212. The van der Waals surface area contributed by atoms with Crippen LogP contribution in [-0.4, -0.2) is 32.9 Å². The van der Waals surface area contributed by atoms with E-state index in [1.165, 1.54) is 32.4 Å². The first-order valence-corrected chi connectivity index (χ1v) is 8.47. The van der Waals surface area contributed by atoms with Crippen LogP contribution >= 0.6 is 0 Å². The van der Waals surface area contributed by atoms with E-state index >= 15 is 0 Å². The van der Waals surface area contributed by atoms with Crippen molar-refractivity contribution >= 4 is 0 Å². The maximum atomic E-state index is 13.4. The minimum Gasteiger partial charge on any atom is -0.384 e. The summed E-state index contributed by atoms with van der Waals surface area (Å²) in [5.74, 6) is 0. The molecule has 0 saturated carbocycles. The Morgan fingerprint density at radius 2 is 1.54 bits per heavy atom. The van der Waals surface area contributed by atoms with Gasteiger partial charge in [-0.3, -0.25) is 0 Å².